The van der Waals surface area contributed by atoms with E-state index in [0.29, 0.717) is 25.8 Å². The van der Waals surface area contributed by atoms with Gasteiger partial charge in [0.25, 0.3) is 0 Å². The van der Waals surface area contributed by atoms with Crippen LogP contribution in [-0.2, 0) is 23.1 Å². The molecule has 0 saturated carbocycles. The predicted octanol–water partition coefficient (Wildman–Crippen LogP) is 0.480. The van der Waals surface area contributed by atoms with Crippen LogP contribution in [0.2, 0.25) is 0 Å². The van der Waals surface area contributed by atoms with Crippen LogP contribution in [0.5, 0.6) is 0 Å². The minimum Gasteiger partial charge on any atom is -0.340 e. The van der Waals surface area contributed by atoms with Crippen LogP contribution in [0, 0.1) is 0 Å². The number of nitrogens with one attached hydrogen (secondary N) is 1. The highest BCUT2D eigenvalue weighted by molar-refractivity contribution is 5.97. The molecule has 0 radical (unpaired) electrons. The van der Waals surface area contributed by atoms with Gasteiger partial charge in [0.15, 0.2) is 0 Å². The first-order valence-corrected chi connectivity index (χ1v) is 7.09. The number of hydrogen-bond acceptors (Lipinski definition) is 3. The second-order valence-electron chi connectivity index (χ2n) is 5.26. The van der Waals surface area contributed by atoms with E-state index in [0.717, 1.165) is 5.69 Å². The minimum atomic E-state index is -0.720. The lowest BCUT2D eigenvalue weighted by atomic mass is 9.89. The number of piperazine rings is 1. The average molecular weight is 278 g/mol. The smallest absolute Gasteiger partial charge is 0.248 e. The third-order valence-electron chi connectivity index (χ3n) is 4.18. The Bertz CT molecular complexity index is 505. The fraction of sp³-hybridized carbons (Fsp3) is 0.643. The van der Waals surface area contributed by atoms with Gasteiger partial charge in [-0.3, -0.25) is 14.3 Å². The molecular weight excluding hydrogens is 256 g/mol. The Morgan fingerprint density at radius 3 is 2.60 bits per heavy atom. The SMILES string of the molecule is CCC1(CC)NC(=O)CN(CCc2ccnn2C)C1=O. The van der Waals surface area contributed by atoms with Crippen molar-refractivity contribution in [3.63, 3.8) is 0 Å². The summed E-state index contributed by atoms with van der Waals surface area (Å²) in [5.74, 6) is -0.0393. The first-order valence-electron chi connectivity index (χ1n) is 7.09. The average Bonchev–Trinajstić information content (AvgIpc) is 2.85. The summed E-state index contributed by atoms with van der Waals surface area (Å²) in [6.07, 6.45) is 3.69. The van der Waals surface area contributed by atoms with Crippen molar-refractivity contribution in [3.8, 4) is 0 Å². The molecule has 2 rings (SSSR count). The van der Waals surface area contributed by atoms with Crippen LogP contribution in [0.25, 0.3) is 0 Å². The summed E-state index contributed by atoms with van der Waals surface area (Å²) >= 11 is 0. The van der Waals surface area contributed by atoms with E-state index in [4.69, 9.17) is 0 Å². The molecule has 2 heterocycles. The maximum Gasteiger partial charge on any atom is 0.248 e. The largest absolute Gasteiger partial charge is 0.340 e. The van der Waals surface area contributed by atoms with E-state index in [1.54, 1.807) is 15.8 Å². The molecule has 6 nitrogen and oxygen atoms in total. The molecule has 2 amide bonds. The van der Waals surface area contributed by atoms with Gasteiger partial charge in [-0.15, -0.1) is 0 Å². The van der Waals surface area contributed by atoms with Crippen LogP contribution >= 0.6 is 0 Å². The Balaban J connectivity index is 2.09. The van der Waals surface area contributed by atoms with Crippen LogP contribution < -0.4 is 5.32 Å². The van der Waals surface area contributed by atoms with Crippen LogP contribution in [-0.4, -0.2) is 45.1 Å². The van der Waals surface area contributed by atoms with Gasteiger partial charge in [-0.25, -0.2) is 0 Å². The topological polar surface area (TPSA) is 67.2 Å². The lowest BCUT2D eigenvalue weighted by molar-refractivity contribution is -0.150. The van der Waals surface area contributed by atoms with E-state index in [1.165, 1.54) is 0 Å². The van der Waals surface area contributed by atoms with E-state index in [-0.39, 0.29) is 18.4 Å². The lowest BCUT2D eigenvalue weighted by Gasteiger charge is -2.41. The van der Waals surface area contributed by atoms with Gasteiger partial charge in [0, 0.05) is 31.9 Å². The van der Waals surface area contributed by atoms with Crippen LogP contribution in [0.4, 0.5) is 0 Å². The molecule has 6 heteroatoms. The Kier molecular flexibility index (Phi) is 4.11. The summed E-state index contributed by atoms with van der Waals surface area (Å²) in [7, 11) is 1.88. The molecule has 0 aromatic carbocycles. The van der Waals surface area contributed by atoms with Crippen molar-refractivity contribution in [3.05, 3.63) is 18.0 Å². The monoisotopic (exact) mass is 278 g/mol. The van der Waals surface area contributed by atoms with Crippen molar-refractivity contribution in [1.29, 1.82) is 0 Å². The Morgan fingerprint density at radius 2 is 2.05 bits per heavy atom. The number of aromatic nitrogens is 2. The molecule has 1 N–H and O–H groups in total. The van der Waals surface area contributed by atoms with E-state index in [2.05, 4.69) is 10.4 Å². The van der Waals surface area contributed by atoms with Crippen molar-refractivity contribution in [1.82, 2.24) is 20.0 Å². The van der Waals surface area contributed by atoms with Crippen molar-refractivity contribution >= 4 is 11.8 Å². The fourth-order valence-electron chi connectivity index (χ4n) is 2.71. The second kappa shape index (κ2) is 5.64. The number of aryl methyl sites for hydroxylation is 1. The molecule has 0 atom stereocenters. The van der Waals surface area contributed by atoms with E-state index in [9.17, 15) is 9.59 Å². The zero-order valence-electron chi connectivity index (χ0n) is 12.3. The zero-order chi connectivity index (χ0) is 14.8. The summed E-state index contributed by atoms with van der Waals surface area (Å²) < 4.78 is 1.79. The van der Waals surface area contributed by atoms with Crippen LogP contribution in [0.1, 0.15) is 32.4 Å². The number of nitrogens with zero attached hydrogens (tertiary/aromatic N) is 3. The molecule has 1 aliphatic heterocycles. The molecule has 1 aromatic heterocycles. The molecule has 0 unspecified atom stereocenters. The maximum atomic E-state index is 12.6. The van der Waals surface area contributed by atoms with Gasteiger partial charge >= 0.3 is 0 Å². The van der Waals surface area contributed by atoms with Crippen molar-refractivity contribution in [2.24, 2.45) is 7.05 Å². The number of carbonyl (C=O) groups excluding carboxylic acids is 2. The quantitative estimate of drug-likeness (QED) is 0.852. The van der Waals surface area contributed by atoms with Crippen LogP contribution in [0.3, 0.4) is 0 Å². The van der Waals surface area contributed by atoms with E-state index in [1.807, 2.05) is 27.0 Å². The molecule has 0 bridgehead atoms. The van der Waals surface area contributed by atoms with Crippen LogP contribution in [0.15, 0.2) is 12.3 Å². The number of amides is 2. The summed E-state index contributed by atoms with van der Waals surface area (Å²) in [5, 5.41) is 6.98. The molecule has 1 aliphatic rings. The van der Waals surface area contributed by atoms with Gasteiger partial charge in [0.2, 0.25) is 11.8 Å². The van der Waals surface area contributed by atoms with Crippen molar-refractivity contribution in [2.75, 3.05) is 13.1 Å². The van der Waals surface area contributed by atoms with Gasteiger partial charge < -0.3 is 10.2 Å². The standard InChI is InChI=1S/C14H22N4O2/c1-4-14(5-2)13(20)18(10-12(19)16-14)9-7-11-6-8-15-17(11)3/h6,8H,4-5,7,9-10H2,1-3H3,(H,16,19). The molecule has 1 fully saturated rings. The molecule has 0 aliphatic carbocycles. The van der Waals surface area contributed by atoms with Gasteiger partial charge in [-0.05, 0) is 18.9 Å². The maximum absolute atomic E-state index is 12.6. The third kappa shape index (κ3) is 2.55. The minimum absolute atomic E-state index is 0.0317. The molecule has 110 valence electrons. The molecule has 20 heavy (non-hydrogen) atoms. The summed E-state index contributed by atoms with van der Waals surface area (Å²) in [6.45, 7) is 4.57. The summed E-state index contributed by atoms with van der Waals surface area (Å²) in [6, 6.07) is 1.93. The summed E-state index contributed by atoms with van der Waals surface area (Å²) in [4.78, 5) is 26.1. The van der Waals surface area contributed by atoms with Crippen molar-refractivity contribution < 1.29 is 9.59 Å². The highest BCUT2D eigenvalue weighted by Gasteiger charge is 2.43. The fourth-order valence-corrected chi connectivity index (χ4v) is 2.71. The number of hydrogen-bond donors (Lipinski definition) is 1. The lowest BCUT2D eigenvalue weighted by Crippen LogP contribution is -2.66. The van der Waals surface area contributed by atoms with Gasteiger partial charge in [-0.1, -0.05) is 13.8 Å². The Hall–Kier alpha value is -1.85. The molecule has 0 spiro atoms. The highest BCUT2D eigenvalue weighted by Crippen LogP contribution is 2.22. The van der Waals surface area contributed by atoms with Gasteiger partial charge in [0.1, 0.15) is 5.54 Å². The van der Waals surface area contributed by atoms with E-state index >= 15 is 0 Å². The normalized spacial score (nSPS) is 18.2. The summed E-state index contributed by atoms with van der Waals surface area (Å²) in [5.41, 5.74) is 0.337. The predicted molar refractivity (Wildman–Crippen MR) is 74.9 cm³/mol. The van der Waals surface area contributed by atoms with Gasteiger partial charge in [0.05, 0.1) is 6.54 Å². The van der Waals surface area contributed by atoms with Crippen molar-refractivity contribution in [2.45, 2.75) is 38.6 Å². The second-order valence-corrected chi connectivity index (χ2v) is 5.26. The Labute approximate surface area is 119 Å². The van der Waals surface area contributed by atoms with Gasteiger partial charge in [-0.2, -0.15) is 5.10 Å². The van der Waals surface area contributed by atoms with E-state index < -0.39 is 5.54 Å². The number of rotatable bonds is 5. The zero-order valence-corrected chi connectivity index (χ0v) is 12.3. The molecular formula is C14H22N4O2. The third-order valence-corrected chi connectivity index (χ3v) is 4.18. The molecule has 1 saturated heterocycles. The first kappa shape index (κ1) is 14.6. The molecule has 1 aromatic rings. The number of carbonyl (C=O) groups is 2. The first-order chi connectivity index (χ1) is 9.52. The highest BCUT2D eigenvalue weighted by atomic mass is 16.2. The Morgan fingerprint density at radius 1 is 1.35 bits per heavy atom.